The first-order valence-electron chi connectivity index (χ1n) is 6.01. The molecule has 1 amide bonds. The van der Waals surface area contributed by atoms with Gasteiger partial charge in [-0.25, -0.2) is 0 Å². The van der Waals surface area contributed by atoms with Crippen LogP contribution in [0.5, 0.6) is 0 Å². The number of halogens is 1. The smallest absolute Gasteiger partial charge is 0.226 e. The fourth-order valence-corrected chi connectivity index (χ4v) is 1.90. The minimum Gasteiger partial charge on any atom is -0.339 e. The van der Waals surface area contributed by atoms with Crippen molar-refractivity contribution in [3.05, 3.63) is 35.4 Å². The first kappa shape index (κ1) is 16.9. The molecule has 1 aromatic carbocycles. The van der Waals surface area contributed by atoms with Crippen molar-refractivity contribution in [1.29, 1.82) is 0 Å². The Morgan fingerprint density at radius 1 is 1.33 bits per heavy atom. The van der Waals surface area contributed by atoms with E-state index in [2.05, 4.69) is 19.1 Å². The van der Waals surface area contributed by atoms with E-state index in [1.54, 1.807) is 4.90 Å². The number of aryl methyl sites for hydroxylation is 1. The zero-order chi connectivity index (χ0) is 13.0. The van der Waals surface area contributed by atoms with Gasteiger partial charge in [0.15, 0.2) is 0 Å². The molecule has 2 unspecified atom stereocenters. The normalized spacial score (nSPS) is 13.4. The second-order valence-electron chi connectivity index (χ2n) is 4.62. The van der Waals surface area contributed by atoms with Gasteiger partial charge in [0, 0.05) is 19.5 Å². The molecular formula is C14H23ClN2O. The summed E-state index contributed by atoms with van der Waals surface area (Å²) in [4.78, 5) is 13.8. The van der Waals surface area contributed by atoms with Crippen molar-refractivity contribution in [2.45, 2.75) is 26.8 Å². The Hall–Kier alpha value is -1.06. The summed E-state index contributed by atoms with van der Waals surface area (Å²) in [6.07, 6.45) is 0. The van der Waals surface area contributed by atoms with Crippen LogP contribution in [0.25, 0.3) is 0 Å². The average molecular weight is 271 g/mol. The summed E-state index contributed by atoms with van der Waals surface area (Å²) in [6, 6.07) is 8.23. The molecule has 102 valence electrons. The van der Waals surface area contributed by atoms with Crippen LogP contribution in [0.1, 0.15) is 31.0 Å². The van der Waals surface area contributed by atoms with Gasteiger partial charge in [0.05, 0.1) is 6.04 Å². The van der Waals surface area contributed by atoms with Gasteiger partial charge in [0.2, 0.25) is 5.91 Å². The zero-order valence-electron chi connectivity index (χ0n) is 11.5. The van der Waals surface area contributed by atoms with Gasteiger partial charge in [0.1, 0.15) is 0 Å². The molecule has 0 aliphatic rings. The maximum Gasteiger partial charge on any atom is 0.226 e. The third-order valence-electron chi connectivity index (χ3n) is 3.34. The number of rotatable bonds is 4. The predicted octanol–water partition coefficient (Wildman–Crippen LogP) is 2.53. The number of hydrogen-bond acceptors (Lipinski definition) is 2. The molecule has 1 rings (SSSR count). The van der Waals surface area contributed by atoms with Crippen molar-refractivity contribution in [2.75, 3.05) is 13.6 Å². The van der Waals surface area contributed by atoms with Crippen molar-refractivity contribution >= 4 is 18.3 Å². The number of carbonyl (C=O) groups is 1. The van der Waals surface area contributed by atoms with E-state index in [-0.39, 0.29) is 30.3 Å². The van der Waals surface area contributed by atoms with Crippen LogP contribution >= 0.6 is 12.4 Å². The molecule has 0 saturated heterocycles. The minimum atomic E-state index is -0.119. The van der Waals surface area contributed by atoms with Gasteiger partial charge in [-0.15, -0.1) is 12.4 Å². The maximum absolute atomic E-state index is 12.0. The van der Waals surface area contributed by atoms with Crippen LogP contribution in [0.4, 0.5) is 0 Å². The van der Waals surface area contributed by atoms with Crippen LogP contribution < -0.4 is 5.73 Å². The Morgan fingerprint density at radius 3 is 2.39 bits per heavy atom. The summed E-state index contributed by atoms with van der Waals surface area (Å²) in [7, 11) is 1.84. The number of nitrogens with zero attached hydrogens (tertiary/aromatic N) is 1. The highest BCUT2D eigenvalue weighted by molar-refractivity contribution is 5.85. The Bertz CT molecular complexity index is 395. The number of benzene rings is 1. The van der Waals surface area contributed by atoms with Crippen LogP contribution in [0.2, 0.25) is 0 Å². The van der Waals surface area contributed by atoms with Gasteiger partial charge in [0.25, 0.3) is 0 Å². The third kappa shape index (κ3) is 3.72. The number of nitrogens with two attached hydrogens (primary N) is 1. The highest BCUT2D eigenvalue weighted by Gasteiger charge is 2.22. The van der Waals surface area contributed by atoms with Crippen LogP contribution in [0, 0.1) is 12.8 Å². The van der Waals surface area contributed by atoms with Gasteiger partial charge in [-0.1, -0.05) is 31.2 Å². The lowest BCUT2D eigenvalue weighted by Crippen LogP contribution is -2.36. The first-order chi connectivity index (χ1) is 7.99. The van der Waals surface area contributed by atoms with Crippen molar-refractivity contribution in [2.24, 2.45) is 11.7 Å². The Labute approximate surface area is 116 Å². The summed E-state index contributed by atoms with van der Waals surface area (Å²) in [5.74, 6) is -0.0188. The lowest BCUT2D eigenvalue weighted by molar-refractivity contribution is -0.135. The van der Waals surface area contributed by atoms with E-state index < -0.39 is 0 Å². The number of carbonyl (C=O) groups excluding carboxylic acids is 1. The van der Waals surface area contributed by atoms with Crippen LogP contribution in [0.15, 0.2) is 24.3 Å². The van der Waals surface area contributed by atoms with Crippen molar-refractivity contribution < 1.29 is 4.79 Å². The molecule has 0 bridgehead atoms. The van der Waals surface area contributed by atoms with E-state index in [0.29, 0.717) is 6.54 Å². The molecule has 1 aromatic rings. The lowest BCUT2D eigenvalue weighted by Gasteiger charge is -2.28. The van der Waals surface area contributed by atoms with Gasteiger partial charge in [-0.05, 0) is 25.0 Å². The molecule has 0 aliphatic heterocycles. The number of amides is 1. The summed E-state index contributed by atoms with van der Waals surface area (Å²) in [5.41, 5.74) is 7.93. The zero-order valence-corrected chi connectivity index (χ0v) is 12.3. The first-order valence-corrected chi connectivity index (χ1v) is 6.01. The van der Waals surface area contributed by atoms with E-state index in [0.717, 1.165) is 0 Å². The highest BCUT2D eigenvalue weighted by Crippen LogP contribution is 2.23. The summed E-state index contributed by atoms with van der Waals surface area (Å²) < 4.78 is 0. The third-order valence-corrected chi connectivity index (χ3v) is 3.34. The van der Waals surface area contributed by atoms with Crippen molar-refractivity contribution in [1.82, 2.24) is 4.90 Å². The molecular weight excluding hydrogens is 248 g/mol. The molecule has 0 spiro atoms. The minimum absolute atomic E-state index is 0. The molecule has 2 N–H and O–H groups in total. The Kier molecular flexibility index (Phi) is 6.96. The summed E-state index contributed by atoms with van der Waals surface area (Å²) in [5, 5.41) is 0. The maximum atomic E-state index is 12.0. The molecule has 2 atom stereocenters. The van der Waals surface area contributed by atoms with Gasteiger partial charge < -0.3 is 10.6 Å². The molecule has 0 fully saturated rings. The Balaban J connectivity index is 0.00000289. The van der Waals surface area contributed by atoms with Crippen LogP contribution in [-0.2, 0) is 4.79 Å². The largest absolute Gasteiger partial charge is 0.339 e. The predicted molar refractivity (Wildman–Crippen MR) is 77.8 cm³/mol. The van der Waals surface area contributed by atoms with Crippen molar-refractivity contribution in [3.63, 3.8) is 0 Å². The molecule has 3 nitrogen and oxygen atoms in total. The molecule has 4 heteroatoms. The quantitative estimate of drug-likeness (QED) is 0.914. The molecule has 0 aromatic heterocycles. The van der Waals surface area contributed by atoms with Gasteiger partial charge in [-0.2, -0.15) is 0 Å². The highest BCUT2D eigenvalue weighted by atomic mass is 35.5. The van der Waals surface area contributed by atoms with E-state index in [9.17, 15) is 4.79 Å². The van der Waals surface area contributed by atoms with Gasteiger partial charge in [-0.3, -0.25) is 4.79 Å². The van der Waals surface area contributed by atoms with Crippen molar-refractivity contribution in [3.8, 4) is 0 Å². The van der Waals surface area contributed by atoms with Crippen LogP contribution in [-0.4, -0.2) is 24.4 Å². The fourth-order valence-electron chi connectivity index (χ4n) is 1.90. The summed E-state index contributed by atoms with van der Waals surface area (Å²) in [6.45, 7) is 6.37. The van der Waals surface area contributed by atoms with E-state index in [4.69, 9.17) is 5.73 Å². The second kappa shape index (κ2) is 7.39. The SMILES string of the molecule is Cc1ccccc1C(C)N(C)C(=O)C(C)CN.Cl. The molecule has 18 heavy (non-hydrogen) atoms. The number of hydrogen-bond donors (Lipinski definition) is 1. The molecule has 0 aliphatic carbocycles. The van der Waals surface area contributed by atoms with Crippen LogP contribution in [0.3, 0.4) is 0 Å². The van der Waals surface area contributed by atoms with Gasteiger partial charge >= 0.3 is 0 Å². The molecule has 0 saturated carbocycles. The monoisotopic (exact) mass is 270 g/mol. The Morgan fingerprint density at radius 2 is 1.89 bits per heavy atom. The average Bonchev–Trinajstić information content (AvgIpc) is 2.35. The molecule has 0 radical (unpaired) electrons. The summed E-state index contributed by atoms with van der Waals surface area (Å²) >= 11 is 0. The molecule has 0 heterocycles. The second-order valence-corrected chi connectivity index (χ2v) is 4.62. The van der Waals surface area contributed by atoms with E-state index in [1.807, 2.05) is 33.0 Å². The van der Waals surface area contributed by atoms with E-state index >= 15 is 0 Å². The fraction of sp³-hybridized carbons (Fsp3) is 0.500. The standard InChI is InChI=1S/C14H22N2O.ClH/c1-10-7-5-6-8-13(10)12(3)16(4)14(17)11(2)9-15;/h5-8,11-12H,9,15H2,1-4H3;1H. The topological polar surface area (TPSA) is 46.3 Å². The lowest BCUT2D eigenvalue weighted by atomic mass is 10.0. The van der Waals surface area contributed by atoms with E-state index in [1.165, 1.54) is 11.1 Å².